The van der Waals surface area contributed by atoms with Crippen LogP contribution in [0.4, 0.5) is 0 Å². The molecule has 1 aliphatic carbocycles. The molecule has 0 spiro atoms. The summed E-state index contributed by atoms with van der Waals surface area (Å²) in [5, 5.41) is 0. The topological polar surface area (TPSA) is 0 Å². The molecule has 0 amide bonds. The van der Waals surface area contributed by atoms with Crippen molar-refractivity contribution < 1.29 is 0 Å². The zero-order valence-electron chi connectivity index (χ0n) is 13.9. The van der Waals surface area contributed by atoms with E-state index in [9.17, 15) is 0 Å². The Labute approximate surface area is 116 Å². The smallest absolute Gasteiger partial charge is 0.0289 e. The Bertz CT molecular complexity index is 240. The van der Waals surface area contributed by atoms with Gasteiger partial charge < -0.3 is 0 Å². The maximum atomic E-state index is 2.54. The minimum Gasteiger partial charge on any atom is -0.0654 e. The van der Waals surface area contributed by atoms with Crippen LogP contribution in [0, 0.1) is 35.0 Å². The van der Waals surface area contributed by atoms with Gasteiger partial charge >= 0.3 is 0 Å². The molecule has 0 heteroatoms. The lowest BCUT2D eigenvalue weighted by Crippen LogP contribution is -2.57. The average molecular weight is 252 g/mol. The van der Waals surface area contributed by atoms with E-state index in [0.717, 1.165) is 29.6 Å². The first-order chi connectivity index (χ1) is 8.45. The molecule has 0 aliphatic heterocycles. The number of rotatable bonds is 7. The van der Waals surface area contributed by atoms with Crippen LogP contribution in [0.25, 0.3) is 0 Å². The number of hydrogen-bond donors (Lipinski definition) is 0. The van der Waals surface area contributed by atoms with Gasteiger partial charge in [-0.05, 0) is 35.0 Å². The summed E-state index contributed by atoms with van der Waals surface area (Å²) in [6, 6.07) is 0. The van der Waals surface area contributed by atoms with E-state index in [1.54, 1.807) is 0 Å². The molecule has 0 aromatic heterocycles. The van der Waals surface area contributed by atoms with E-state index < -0.39 is 0 Å². The minimum atomic E-state index is 0.582. The third kappa shape index (κ3) is 2.63. The molecular weight excluding hydrogens is 216 g/mol. The largest absolute Gasteiger partial charge is 0.0654 e. The Morgan fingerprint density at radius 1 is 1.00 bits per heavy atom. The van der Waals surface area contributed by atoms with E-state index in [1.807, 2.05) is 0 Å². The molecule has 0 nitrogen and oxygen atoms in total. The van der Waals surface area contributed by atoms with Gasteiger partial charge in [0, 0.05) is 0 Å². The summed E-state index contributed by atoms with van der Waals surface area (Å²) < 4.78 is 0. The Morgan fingerprint density at radius 2 is 1.61 bits per heavy atom. The normalized spacial score (nSPS) is 33.8. The van der Waals surface area contributed by atoms with Gasteiger partial charge in [-0.3, -0.25) is 0 Å². The molecule has 0 radical (unpaired) electrons. The minimum absolute atomic E-state index is 0.582. The van der Waals surface area contributed by atoms with Crippen LogP contribution in [-0.2, 0) is 0 Å². The highest BCUT2D eigenvalue weighted by atomic mass is 14.6. The van der Waals surface area contributed by atoms with E-state index in [-0.39, 0.29) is 0 Å². The third-order valence-corrected chi connectivity index (χ3v) is 6.16. The van der Waals surface area contributed by atoms with Crippen LogP contribution >= 0.6 is 0 Å². The van der Waals surface area contributed by atoms with E-state index in [2.05, 4.69) is 48.5 Å². The van der Waals surface area contributed by atoms with Crippen molar-refractivity contribution in [1.29, 1.82) is 0 Å². The fourth-order valence-corrected chi connectivity index (χ4v) is 5.17. The van der Waals surface area contributed by atoms with Gasteiger partial charge in [0.1, 0.15) is 0 Å². The molecule has 1 rings (SSSR count). The van der Waals surface area contributed by atoms with Crippen molar-refractivity contribution in [2.45, 2.75) is 80.6 Å². The molecule has 0 saturated heterocycles. The van der Waals surface area contributed by atoms with E-state index in [4.69, 9.17) is 0 Å². The maximum Gasteiger partial charge on any atom is -0.0289 e. The van der Waals surface area contributed by atoms with Gasteiger partial charge in [0.25, 0.3) is 0 Å². The molecule has 5 unspecified atom stereocenters. The van der Waals surface area contributed by atoms with E-state index in [0.29, 0.717) is 5.41 Å². The number of hydrogen-bond acceptors (Lipinski definition) is 0. The SMILES string of the molecule is CCCC(C(C)CC)C1C(CC)C(CC)C1(C)C. The first kappa shape index (κ1) is 16.1. The highest BCUT2D eigenvalue weighted by molar-refractivity contribution is 5.04. The molecule has 0 bridgehead atoms. The van der Waals surface area contributed by atoms with Crippen LogP contribution in [0.5, 0.6) is 0 Å². The van der Waals surface area contributed by atoms with Crippen LogP contribution in [0.15, 0.2) is 0 Å². The summed E-state index contributed by atoms with van der Waals surface area (Å²) in [6.07, 6.45) is 6.92. The van der Waals surface area contributed by atoms with Gasteiger partial charge in [0.15, 0.2) is 0 Å². The van der Waals surface area contributed by atoms with Gasteiger partial charge in [-0.1, -0.05) is 80.6 Å². The molecule has 0 heterocycles. The molecule has 0 aromatic carbocycles. The molecule has 18 heavy (non-hydrogen) atoms. The summed E-state index contributed by atoms with van der Waals surface area (Å²) in [5.74, 6) is 4.80. The Morgan fingerprint density at radius 3 is 2.00 bits per heavy atom. The summed E-state index contributed by atoms with van der Waals surface area (Å²) in [5.41, 5.74) is 0.582. The van der Waals surface area contributed by atoms with Gasteiger partial charge in [0.05, 0.1) is 0 Å². The molecule has 0 N–H and O–H groups in total. The van der Waals surface area contributed by atoms with Crippen LogP contribution in [0.2, 0.25) is 0 Å². The van der Waals surface area contributed by atoms with E-state index in [1.165, 1.54) is 32.1 Å². The molecule has 108 valence electrons. The maximum absolute atomic E-state index is 2.54. The second kappa shape index (κ2) is 6.44. The molecular formula is C18H36. The van der Waals surface area contributed by atoms with Crippen LogP contribution in [0.3, 0.4) is 0 Å². The summed E-state index contributed by atoms with van der Waals surface area (Å²) in [7, 11) is 0. The van der Waals surface area contributed by atoms with Crippen LogP contribution in [0.1, 0.15) is 80.6 Å². The second-order valence-electron chi connectivity index (χ2n) is 7.27. The Balaban J connectivity index is 2.89. The zero-order chi connectivity index (χ0) is 13.9. The van der Waals surface area contributed by atoms with Gasteiger partial charge in [0.2, 0.25) is 0 Å². The van der Waals surface area contributed by atoms with Gasteiger partial charge in [-0.15, -0.1) is 0 Å². The highest BCUT2D eigenvalue weighted by Gasteiger charge is 2.56. The van der Waals surface area contributed by atoms with Crippen molar-refractivity contribution in [3.8, 4) is 0 Å². The molecule has 1 fully saturated rings. The lowest BCUT2D eigenvalue weighted by Gasteiger charge is -2.62. The fourth-order valence-electron chi connectivity index (χ4n) is 5.17. The quantitative estimate of drug-likeness (QED) is 0.509. The monoisotopic (exact) mass is 252 g/mol. The van der Waals surface area contributed by atoms with Crippen molar-refractivity contribution in [3.05, 3.63) is 0 Å². The summed E-state index contributed by atoms with van der Waals surface area (Å²) >= 11 is 0. The molecule has 1 saturated carbocycles. The van der Waals surface area contributed by atoms with Crippen molar-refractivity contribution >= 4 is 0 Å². The van der Waals surface area contributed by atoms with Gasteiger partial charge in [-0.2, -0.15) is 0 Å². The molecule has 0 aromatic rings. The summed E-state index contributed by atoms with van der Waals surface area (Å²) in [4.78, 5) is 0. The Hall–Kier alpha value is 0. The zero-order valence-corrected chi connectivity index (χ0v) is 13.9. The van der Waals surface area contributed by atoms with Crippen LogP contribution < -0.4 is 0 Å². The van der Waals surface area contributed by atoms with E-state index >= 15 is 0 Å². The molecule has 5 atom stereocenters. The van der Waals surface area contributed by atoms with Gasteiger partial charge in [-0.25, -0.2) is 0 Å². The van der Waals surface area contributed by atoms with Crippen molar-refractivity contribution in [2.24, 2.45) is 35.0 Å². The third-order valence-electron chi connectivity index (χ3n) is 6.16. The van der Waals surface area contributed by atoms with Crippen molar-refractivity contribution in [2.75, 3.05) is 0 Å². The Kier molecular flexibility index (Phi) is 5.74. The fraction of sp³-hybridized carbons (Fsp3) is 1.00. The standard InChI is InChI=1S/C18H36/c1-8-12-15(13(5)9-2)17-14(10-3)16(11-4)18(17,6)7/h13-17H,8-12H2,1-7H3. The first-order valence-corrected chi connectivity index (χ1v) is 8.45. The van der Waals surface area contributed by atoms with Crippen molar-refractivity contribution in [1.82, 2.24) is 0 Å². The highest BCUT2D eigenvalue weighted by Crippen LogP contribution is 2.62. The summed E-state index contributed by atoms with van der Waals surface area (Å²) in [6.45, 7) is 17.1. The average Bonchev–Trinajstić information content (AvgIpc) is 2.34. The predicted molar refractivity (Wildman–Crippen MR) is 82.7 cm³/mol. The first-order valence-electron chi connectivity index (χ1n) is 8.45. The lowest BCUT2D eigenvalue weighted by atomic mass is 9.42. The van der Waals surface area contributed by atoms with Crippen LogP contribution in [-0.4, -0.2) is 0 Å². The molecule has 1 aliphatic rings. The predicted octanol–water partition coefficient (Wildman–Crippen LogP) is 6.16. The van der Waals surface area contributed by atoms with Crippen molar-refractivity contribution in [3.63, 3.8) is 0 Å². The second-order valence-corrected chi connectivity index (χ2v) is 7.27. The lowest BCUT2D eigenvalue weighted by molar-refractivity contribution is -0.144.